The van der Waals surface area contributed by atoms with Crippen LogP contribution in [0.2, 0.25) is 0 Å². The maximum absolute atomic E-state index is 10.8. The molecular formula is C9H10N4O3S. The van der Waals surface area contributed by atoms with Gasteiger partial charge in [-0.3, -0.25) is 20.7 Å². The number of hydrogen-bond donors (Lipinski definition) is 3. The van der Waals surface area contributed by atoms with Crippen molar-refractivity contribution in [1.29, 1.82) is 0 Å². The predicted octanol–water partition coefficient (Wildman–Crippen LogP) is 1.17. The van der Waals surface area contributed by atoms with Gasteiger partial charge < -0.3 is 0 Å². The summed E-state index contributed by atoms with van der Waals surface area (Å²) in [6.07, 6.45) is 0. The normalized spacial score (nSPS) is 10.8. The van der Waals surface area contributed by atoms with E-state index >= 15 is 0 Å². The number of rotatable bonds is 3. The van der Waals surface area contributed by atoms with Crippen molar-refractivity contribution in [3.63, 3.8) is 0 Å². The molecule has 0 heterocycles. The molecule has 1 rings (SSSR count). The van der Waals surface area contributed by atoms with Crippen LogP contribution in [-0.4, -0.2) is 21.0 Å². The number of hydrogen-bond acceptors (Lipinski definition) is 5. The first-order chi connectivity index (χ1) is 8.06. The molecule has 0 saturated carbocycles. The Balaban J connectivity index is 2.99. The van der Waals surface area contributed by atoms with E-state index in [1.54, 1.807) is 30.6 Å². The van der Waals surface area contributed by atoms with Gasteiger partial charge in [0.1, 0.15) is 0 Å². The van der Waals surface area contributed by atoms with E-state index in [1.165, 1.54) is 6.07 Å². The molecule has 0 unspecified atom stereocenters. The highest BCUT2D eigenvalue weighted by atomic mass is 32.1. The summed E-state index contributed by atoms with van der Waals surface area (Å²) in [6, 6.07) is 6.21. The van der Waals surface area contributed by atoms with E-state index in [4.69, 9.17) is 5.21 Å². The van der Waals surface area contributed by atoms with Gasteiger partial charge in [0.25, 0.3) is 5.69 Å². The molecule has 0 aliphatic heterocycles. The fourth-order valence-corrected chi connectivity index (χ4v) is 1.20. The quantitative estimate of drug-likeness (QED) is 0.324. The molecule has 0 aliphatic carbocycles. The van der Waals surface area contributed by atoms with Crippen molar-refractivity contribution in [2.24, 2.45) is 5.10 Å². The molecule has 0 atom stereocenters. The number of nitro benzene ring substituents is 1. The predicted molar refractivity (Wildman–Crippen MR) is 66.0 cm³/mol. The van der Waals surface area contributed by atoms with Gasteiger partial charge in [-0.1, -0.05) is 12.1 Å². The molecule has 8 heteroatoms. The summed E-state index contributed by atoms with van der Waals surface area (Å²) in [4.78, 5) is 10.3. The highest BCUT2D eigenvalue weighted by molar-refractivity contribution is 7.80. The van der Waals surface area contributed by atoms with Gasteiger partial charge in [0.2, 0.25) is 5.11 Å². The lowest BCUT2D eigenvalue weighted by atomic mass is 10.1. The molecule has 0 aromatic heterocycles. The van der Waals surface area contributed by atoms with Crippen LogP contribution >= 0.6 is 12.2 Å². The summed E-state index contributed by atoms with van der Waals surface area (Å²) in [5.41, 5.74) is 4.74. The van der Waals surface area contributed by atoms with Gasteiger partial charge in [-0.25, -0.2) is 5.48 Å². The number of para-hydroxylation sites is 1. The molecule has 7 nitrogen and oxygen atoms in total. The molecule has 0 radical (unpaired) electrons. The lowest BCUT2D eigenvalue weighted by molar-refractivity contribution is -0.385. The number of nitrogens with zero attached hydrogens (tertiary/aromatic N) is 2. The van der Waals surface area contributed by atoms with E-state index in [9.17, 15) is 10.1 Å². The van der Waals surface area contributed by atoms with Crippen LogP contribution in [0.15, 0.2) is 29.4 Å². The summed E-state index contributed by atoms with van der Waals surface area (Å²) in [5, 5.41) is 22.9. The summed E-state index contributed by atoms with van der Waals surface area (Å²) in [5.74, 6) is 0. The van der Waals surface area contributed by atoms with E-state index in [-0.39, 0.29) is 10.8 Å². The molecule has 0 bridgehead atoms. The largest absolute Gasteiger partial charge is 0.289 e. The van der Waals surface area contributed by atoms with E-state index in [0.29, 0.717) is 11.3 Å². The average molecular weight is 254 g/mol. The van der Waals surface area contributed by atoms with Crippen LogP contribution in [0.4, 0.5) is 5.69 Å². The second kappa shape index (κ2) is 5.87. The number of benzene rings is 1. The summed E-state index contributed by atoms with van der Waals surface area (Å²) >= 11 is 4.59. The minimum absolute atomic E-state index is 0.0431. The first kappa shape index (κ1) is 13.0. The molecule has 0 amide bonds. The zero-order chi connectivity index (χ0) is 12.8. The number of nitro groups is 1. The second-order valence-electron chi connectivity index (χ2n) is 3.02. The number of thiocarbonyl (C=S) groups is 1. The van der Waals surface area contributed by atoms with Crippen molar-refractivity contribution in [3.8, 4) is 0 Å². The van der Waals surface area contributed by atoms with Crippen molar-refractivity contribution in [1.82, 2.24) is 10.9 Å². The van der Waals surface area contributed by atoms with E-state index in [2.05, 4.69) is 22.7 Å². The molecule has 0 aliphatic rings. The first-order valence-corrected chi connectivity index (χ1v) is 4.95. The van der Waals surface area contributed by atoms with E-state index in [1.807, 2.05) is 0 Å². The Morgan fingerprint density at radius 3 is 2.76 bits per heavy atom. The topological polar surface area (TPSA) is 99.8 Å². The minimum Gasteiger partial charge on any atom is -0.289 e. The van der Waals surface area contributed by atoms with Crippen LogP contribution in [0, 0.1) is 10.1 Å². The minimum atomic E-state index is -0.489. The third kappa shape index (κ3) is 3.47. The SMILES string of the molecule is C/C(=N\NC(=S)NO)c1ccccc1[N+](=O)[O-]. The Morgan fingerprint density at radius 1 is 1.53 bits per heavy atom. The zero-order valence-corrected chi connectivity index (χ0v) is 9.69. The van der Waals surface area contributed by atoms with Crippen LogP contribution in [0.3, 0.4) is 0 Å². The maximum atomic E-state index is 10.8. The number of hydroxylamine groups is 1. The lowest BCUT2D eigenvalue weighted by Crippen LogP contribution is -2.29. The van der Waals surface area contributed by atoms with Crippen LogP contribution in [0.1, 0.15) is 12.5 Å². The molecule has 0 fully saturated rings. The smallest absolute Gasteiger partial charge is 0.278 e. The van der Waals surface area contributed by atoms with Gasteiger partial charge in [0.05, 0.1) is 16.2 Å². The van der Waals surface area contributed by atoms with Crippen LogP contribution < -0.4 is 10.9 Å². The molecule has 0 saturated heterocycles. The van der Waals surface area contributed by atoms with E-state index in [0.717, 1.165) is 0 Å². The van der Waals surface area contributed by atoms with Gasteiger partial charge in [-0.2, -0.15) is 5.10 Å². The second-order valence-corrected chi connectivity index (χ2v) is 3.43. The van der Waals surface area contributed by atoms with Gasteiger partial charge in [-0.05, 0) is 25.2 Å². The molecule has 1 aromatic rings. The van der Waals surface area contributed by atoms with Crippen LogP contribution in [0.25, 0.3) is 0 Å². The summed E-state index contributed by atoms with van der Waals surface area (Å²) in [7, 11) is 0. The van der Waals surface area contributed by atoms with Crippen LogP contribution in [-0.2, 0) is 0 Å². The molecule has 17 heavy (non-hydrogen) atoms. The number of hydrazone groups is 1. The Bertz CT molecular complexity index is 475. The zero-order valence-electron chi connectivity index (χ0n) is 8.88. The van der Waals surface area contributed by atoms with Gasteiger partial charge in [-0.15, -0.1) is 0 Å². The molecular weight excluding hydrogens is 244 g/mol. The van der Waals surface area contributed by atoms with Crippen LogP contribution in [0.5, 0.6) is 0 Å². The Labute approximate surface area is 102 Å². The monoisotopic (exact) mass is 254 g/mol. The van der Waals surface area contributed by atoms with Crippen molar-refractivity contribution < 1.29 is 10.1 Å². The lowest BCUT2D eigenvalue weighted by Gasteiger charge is -2.04. The standard InChI is InChI=1S/C9H10N4O3S/c1-6(10-11-9(17)12-14)7-4-2-3-5-8(7)13(15)16/h2-5,14H,1H3,(H2,11,12,17)/b10-6+. The molecule has 3 N–H and O–H groups in total. The molecule has 1 aromatic carbocycles. The average Bonchev–Trinajstić information content (AvgIpc) is 2.35. The van der Waals surface area contributed by atoms with Gasteiger partial charge in [0, 0.05) is 6.07 Å². The summed E-state index contributed by atoms with van der Waals surface area (Å²) in [6.45, 7) is 1.59. The number of nitrogens with one attached hydrogen (secondary N) is 2. The Kier molecular flexibility index (Phi) is 4.49. The Morgan fingerprint density at radius 2 is 2.18 bits per heavy atom. The third-order valence-corrected chi connectivity index (χ3v) is 2.10. The fraction of sp³-hybridized carbons (Fsp3) is 0.111. The summed E-state index contributed by atoms with van der Waals surface area (Å²) < 4.78 is 0. The van der Waals surface area contributed by atoms with Gasteiger partial charge in [0.15, 0.2) is 0 Å². The molecule has 0 spiro atoms. The van der Waals surface area contributed by atoms with Crippen molar-refractivity contribution in [3.05, 3.63) is 39.9 Å². The first-order valence-electron chi connectivity index (χ1n) is 4.54. The van der Waals surface area contributed by atoms with Crippen molar-refractivity contribution in [2.45, 2.75) is 6.92 Å². The molecule has 90 valence electrons. The maximum Gasteiger partial charge on any atom is 0.278 e. The third-order valence-electron chi connectivity index (χ3n) is 1.92. The highest BCUT2D eigenvalue weighted by Gasteiger charge is 2.14. The van der Waals surface area contributed by atoms with Crippen molar-refractivity contribution in [2.75, 3.05) is 0 Å². The van der Waals surface area contributed by atoms with Gasteiger partial charge >= 0.3 is 0 Å². The van der Waals surface area contributed by atoms with E-state index < -0.39 is 4.92 Å². The Hall–Kier alpha value is -2.06. The highest BCUT2D eigenvalue weighted by Crippen LogP contribution is 2.18. The fourth-order valence-electron chi connectivity index (χ4n) is 1.16. The van der Waals surface area contributed by atoms with Crippen molar-refractivity contribution >= 4 is 28.7 Å².